The maximum atomic E-state index is 13.3. The molecule has 0 spiro atoms. The Hall–Kier alpha value is -2.76. The number of aromatic nitrogens is 1. The molecule has 0 bridgehead atoms. The van der Waals surface area contributed by atoms with Gasteiger partial charge in [-0.3, -0.25) is 0 Å². The second kappa shape index (κ2) is 4.41. The number of carboxylic acids is 1. The molecule has 0 fully saturated rings. The number of nitrogens with zero attached hydrogens (tertiary/aromatic N) is 1. The smallest absolute Gasteiger partial charge is 0.336 e. The average molecular weight is 275 g/mol. The third-order valence-corrected chi connectivity index (χ3v) is 2.90. The fraction of sp³-hybridized carbons (Fsp3) is 0. The number of halogens is 2. The first kappa shape index (κ1) is 12.3. The van der Waals surface area contributed by atoms with Crippen molar-refractivity contribution in [2.75, 3.05) is 0 Å². The lowest BCUT2D eigenvalue weighted by atomic mass is 10.1. The van der Waals surface area contributed by atoms with Crippen LogP contribution in [0.2, 0.25) is 0 Å². The van der Waals surface area contributed by atoms with E-state index in [4.69, 9.17) is 4.42 Å². The number of pyridine rings is 1. The maximum Gasteiger partial charge on any atom is 0.336 e. The van der Waals surface area contributed by atoms with Gasteiger partial charge in [-0.2, -0.15) is 0 Å². The molecule has 0 saturated carbocycles. The predicted octanol–water partition coefficient (Wildman–Crippen LogP) is 3.47. The number of carboxylic acid groups (broad SMARTS) is 1. The molecule has 0 aliphatic rings. The molecular weight excluding hydrogens is 268 g/mol. The zero-order chi connectivity index (χ0) is 14.3. The highest BCUT2D eigenvalue weighted by atomic mass is 19.2. The van der Waals surface area contributed by atoms with Gasteiger partial charge in [0.25, 0.3) is 0 Å². The summed E-state index contributed by atoms with van der Waals surface area (Å²) in [5.41, 5.74) is 0.791. The first-order valence-electron chi connectivity index (χ1n) is 5.62. The van der Waals surface area contributed by atoms with E-state index in [1.165, 1.54) is 18.6 Å². The predicted molar refractivity (Wildman–Crippen MR) is 66.3 cm³/mol. The van der Waals surface area contributed by atoms with Crippen molar-refractivity contribution in [1.82, 2.24) is 4.98 Å². The van der Waals surface area contributed by atoms with Gasteiger partial charge in [-0.25, -0.2) is 18.6 Å². The van der Waals surface area contributed by atoms with Crippen LogP contribution in [0.15, 0.2) is 41.2 Å². The van der Waals surface area contributed by atoms with Gasteiger partial charge in [0.2, 0.25) is 0 Å². The molecule has 3 rings (SSSR count). The van der Waals surface area contributed by atoms with E-state index in [2.05, 4.69) is 4.98 Å². The Bertz CT molecular complexity index is 813. The average Bonchev–Trinajstić information content (AvgIpc) is 2.92. The number of fused-ring (bicyclic) bond motifs is 1. The fourth-order valence-electron chi connectivity index (χ4n) is 1.96. The Balaban J connectivity index is 2.36. The van der Waals surface area contributed by atoms with Gasteiger partial charge in [-0.15, -0.1) is 0 Å². The Morgan fingerprint density at radius 1 is 1.20 bits per heavy atom. The summed E-state index contributed by atoms with van der Waals surface area (Å²) in [4.78, 5) is 15.4. The first-order valence-corrected chi connectivity index (χ1v) is 5.62. The van der Waals surface area contributed by atoms with Crippen LogP contribution in [0.5, 0.6) is 0 Å². The van der Waals surface area contributed by atoms with Crippen molar-refractivity contribution in [2.24, 2.45) is 0 Å². The van der Waals surface area contributed by atoms with Crippen molar-refractivity contribution in [3.63, 3.8) is 0 Å². The normalized spacial score (nSPS) is 10.9. The number of aromatic carboxylic acids is 1. The summed E-state index contributed by atoms with van der Waals surface area (Å²) >= 11 is 0. The SMILES string of the molecule is O=C(O)c1cc(-c2ccoc2)nc2cc(F)c(F)cc12. The second-order valence-corrected chi connectivity index (χ2v) is 4.16. The van der Waals surface area contributed by atoms with E-state index >= 15 is 0 Å². The molecule has 3 aromatic rings. The zero-order valence-electron chi connectivity index (χ0n) is 9.93. The first-order chi connectivity index (χ1) is 9.56. The molecule has 0 amide bonds. The van der Waals surface area contributed by atoms with Crippen molar-refractivity contribution < 1.29 is 23.1 Å². The second-order valence-electron chi connectivity index (χ2n) is 4.16. The number of furan rings is 1. The molecule has 0 unspecified atom stereocenters. The van der Waals surface area contributed by atoms with Crippen molar-refractivity contribution in [1.29, 1.82) is 0 Å². The third kappa shape index (κ3) is 1.91. The van der Waals surface area contributed by atoms with E-state index < -0.39 is 17.6 Å². The molecule has 20 heavy (non-hydrogen) atoms. The lowest BCUT2D eigenvalue weighted by Gasteiger charge is -2.06. The van der Waals surface area contributed by atoms with Crippen molar-refractivity contribution in [2.45, 2.75) is 0 Å². The largest absolute Gasteiger partial charge is 0.478 e. The molecule has 0 aliphatic carbocycles. The maximum absolute atomic E-state index is 13.3. The number of carbonyl (C=O) groups is 1. The molecule has 1 aromatic carbocycles. The van der Waals surface area contributed by atoms with Crippen molar-refractivity contribution in [3.05, 3.63) is 54.0 Å². The van der Waals surface area contributed by atoms with E-state index in [-0.39, 0.29) is 16.5 Å². The Morgan fingerprint density at radius 2 is 1.95 bits per heavy atom. The highest BCUT2D eigenvalue weighted by Gasteiger charge is 2.16. The van der Waals surface area contributed by atoms with E-state index in [0.717, 1.165) is 12.1 Å². The van der Waals surface area contributed by atoms with Crippen LogP contribution < -0.4 is 0 Å². The summed E-state index contributed by atoms with van der Waals surface area (Å²) < 4.78 is 31.4. The summed E-state index contributed by atoms with van der Waals surface area (Å²) in [6, 6.07) is 4.60. The van der Waals surface area contributed by atoms with Crippen LogP contribution in [0, 0.1) is 11.6 Å². The van der Waals surface area contributed by atoms with Crippen LogP contribution in [0.3, 0.4) is 0 Å². The van der Waals surface area contributed by atoms with Gasteiger partial charge in [0.1, 0.15) is 0 Å². The summed E-state index contributed by atoms with van der Waals surface area (Å²) in [7, 11) is 0. The summed E-state index contributed by atoms with van der Waals surface area (Å²) in [5.74, 6) is -3.43. The molecule has 0 radical (unpaired) electrons. The molecule has 2 aromatic heterocycles. The van der Waals surface area contributed by atoms with Crippen molar-refractivity contribution in [3.8, 4) is 11.3 Å². The Labute approximate surface area is 111 Å². The van der Waals surface area contributed by atoms with Crippen LogP contribution in [0.4, 0.5) is 8.78 Å². The molecule has 4 nitrogen and oxygen atoms in total. The number of hydrogen-bond acceptors (Lipinski definition) is 3. The van der Waals surface area contributed by atoms with Crippen LogP contribution in [-0.4, -0.2) is 16.1 Å². The molecule has 6 heteroatoms. The summed E-state index contributed by atoms with van der Waals surface area (Å²) in [6.45, 7) is 0. The standard InChI is InChI=1S/C14H7F2NO3/c15-10-3-8-9(14(18)19)4-12(7-1-2-20-6-7)17-13(8)5-11(10)16/h1-6H,(H,18,19). The molecule has 0 aliphatic heterocycles. The highest BCUT2D eigenvalue weighted by molar-refractivity contribution is 6.03. The lowest BCUT2D eigenvalue weighted by molar-refractivity contribution is 0.0699. The molecule has 0 atom stereocenters. The summed E-state index contributed by atoms with van der Waals surface area (Å²) in [5, 5.41) is 9.24. The third-order valence-electron chi connectivity index (χ3n) is 2.90. The summed E-state index contributed by atoms with van der Waals surface area (Å²) in [6.07, 6.45) is 2.80. The zero-order valence-corrected chi connectivity index (χ0v) is 9.93. The number of rotatable bonds is 2. The van der Waals surface area contributed by atoms with Crippen LogP contribution in [-0.2, 0) is 0 Å². The number of benzene rings is 1. The minimum atomic E-state index is -1.24. The Kier molecular flexibility index (Phi) is 2.71. The highest BCUT2D eigenvalue weighted by Crippen LogP contribution is 2.26. The minimum absolute atomic E-state index is 0.0450. The van der Waals surface area contributed by atoms with E-state index in [1.54, 1.807) is 6.07 Å². The van der Waals surface area contributed by atoms with Gasteiger partial charge in [0.15, 0.2) is 11.6 Å². The van der Waals surface area contributed by atoms with Crippen molar-refractivity contribution >= 4 is 16.9 Å². The van der Waals surface area contributed by atoms with Gasteiger partial charge in [-0.1, -0.05) is 0 Å². The van der Waals surface area contributed by atoms with Gasteiger partial charge in [0.05, 0.1) is 29.3 Å². The number of hydrogen-bond donors (Lipinski definition) is 1. The minimum Gasteiger partial charge on any atom is -0.478 e. The Morgan fingerprint density at radius 3 is 2.60 bits per heavy atom. The van der Waals surface area contributed by atoms with Gasteiger partial charge < -0.3 is 9.52 Å². The molecular formula is C14H7F2NO3. The lowest BCUT2D eigenvalue weighted by Crippen LogP contribution is -2.01. The van der Waals surface area contributed by atoms with E-state index in [0.29, 0.717) is 11.3 Å². The van der Waals surface area contributed by atoms with Gasteiger partial charge >= 0.3 is 5.97 Å². The quantitative estimate of drug-likeness (QED) is 0.777. The van der Waals surface area contributed by atoms with Gasteiger partial charge in [0, 0.05) is 17.0 Å². The fourth-order valence-corrected chi connectivity index (χ4v) is 1.96. The van der Waals surface area contributed by atoms with E-state index in [1.807, 2.05) is 0 Å². The topological polar surface area (TPSA) is 63.3 Å². The van der Waals surface area contributed by atoms with Crippen LogP contribution in [0.1, 0.15) is 10.4 Å². The molecule has 0 saturated heterocycles. The molecule has 2 heterocycles. The van der Waals surface area contributed by atoms with Gasteiger partial charge in [-0.05, 0) is 18.2 Å². The van der Waals surface area contributed by atoms with Crippen LogP contribution in [0.25, 0.3) is 22.2 Å². The molecule has 100 valence electrons. The monoisotopic (exact) mass is 275 g/mol. The van der Waals surface area contributed by atoms with Crippen LogP contribution >= 0.6 is 0 Å². The molecule has 1 N–H and O–H groups in total. The van der Waals surface area contributed by atoms with E-state index in [9.17, 15) is 18.7 Å².